The van der Waals surface area contributed by atoms with Gasteiger partial charge in [0.15, 0.2) is 0 Å². The van der Waals surface area contributed by atoms with E-state index in [-0.39, 0.29) is 21.8 Å². The van der Waals surface area contributed by atoms with E-state index in [1.807, 2.05) is 6.07 Å². The van der Waals surface area contributed by atoms with Crippen LogP contribution in [0.3, 0.4) is 0 Å². The number of carbonyl (C=O) groups is 2. The maximum absolute atomic E-state index is 13.6. The van der Waals surface area contributed by atoms with E-state index in [4.69, 9.17) is 40.1 Å². The number of rotatable bonds is 6. The molecule has 2 aliphatic carbocycles. The third kappa shape index (κ3) is 4.50. The molecule has 5 nitrogen and oxygen atoms in total. The second-order valence-electron chi connectivity index (χ2n) is 8.04. The molecule has 2 N–H and O–H groups in total. The molecule has 2 aromatic carbocycles. The first-order chi connectivity index (χ1) is 15.5. The van der Waals surface area contributed by atoms with Gasteiger partial charge in [-0.15, -0.1) is 23.2 Å². The predicted octanol–water partition coefficient (Wildman–Crippen LogP) is 5.73. The summed E-state index contributed by atoms with van der Waals surface area (Å²) in [6, 6.07) is 9.34. The van der Waals surface area contributed by atoms with Crippen LogP contribution in [0.1, 0.15) is 46.7 Å². The number of nitriles is 1. The largest absolute Gasteiger partial charge is 0.334 e. The van der Waals surface area contributed by atoms with Crippen LogP contribution < -0.4 is 10.6 Å². The first kappa shape index (κ1) is 23.7. The van der Waals surface area contributed by atoms with Gasteiger partial charge in [-0.25, -0.2) is 13.2 Å². The highest BCUT2D eigenvalue weighted by molar-refractivity contribution is 6.53. The summed E-state index contributed by atoms with van der Waals surface area (Å²) in [6.07, 6.45) is -1.96. The highest BCUT2D eigenvalue weighted by Gasteiger charge is 2.67. The molecule has 2 aromatic rings. The molecule has 0 unspecified atom stereocenters. The van der Waals surface area contributed by atoms with Gasteiger partial charge in [-0.05, 0) is 48.7 Å². The normalized spacial score (nSPS) is 21.8. The van der Waals surface area contributed by atoms with Gasteiger partial charge in [0, 0.05) is 11.6 Å². The Labute approximate surface area is 201 Å². The Balaban J connectivity index is 1.51. The van der Waals surface area contributed by atoms with Crippen molar-refractivity contribution < 1.29 is 22.8 Å². The molecule has 0 aliphatic heterocycles. The molecule has 0 spiro atoms. The second kappa shape index (κ2) is 8.39. The van der Waals surface area contributed by atoms with Crippen molar-refractivity contribution in [1.82, 2.24) is 5.32 Å². The van der Waals surface area contributed by atoms with Crippen LogP contribution in [0.25, 0.3) is 0 Å². The molecule has 2 fully saturated rings. The first-order valence-electron chi connectivity index (χ1n) is 9.78. The fourth-order valence-electron chi connectivity index (χ4n) is 3.66. The minimum absolute atomic E-state index is 0.0615. The van der Waals surface area contributed by atoms with Gasteiger partial charge in [-0.1, -0.05) is 17.7 Å². The smallest absolute Gasteiger partial charge is 0.266 e. The Kier molecular flexibility index (Phi) is 6.02. The molecule has 2 amide bonds. The predicted molar refractivity (Wildman–Crippen MR) is 117 cm³/mol. The van der Waals surface area contributed by atoms with Crippen molar-refractivity contribution in [3.8, 4) is 6.07 Å². The molecule has 2 saturated carbocycles. The summed E-state index contributed by atoms with van der Waals surface area (Å²) < 4.78 is 38.1. The zero-order valence-electron chi connectivity index (χ0n) is 16.6. The molecule has 11 heteroatoms. The van der Waals surface area contributed by atoms with Gasteiger partial charge in [-0.3, -0.25) is 9.59 Å². The number of hydrogen-bond donors (Lipinski definition) is 2. The van der Waals surface area contributed by atoms with Crippen LogP contribution in [0, 0.1) is 23.1 Å². The van der Waals surface area contributed by atoms with E-state index >= 15 is 0 Å². The van der Waals surface area contributed by atoms with Gasteiger partial charge in [0.1, 0.15) is 15.7 Å². The molecule has 2 atom stereocenters. The quantitative estimate of drug-likeness (QED) is 0.481. The maximum atomic E-state index is 13.6. The van der Waals surface area contributed by atoms with Crippen LogP contribution in [-0.2, 0) is 4.79 Å². The van der Waals surface area contributed by atoms with Crippen LogP contribution >= 0.6 is 34.8 Å². The molecule has 0 aromatic heterocycles. The summed E-state index contributed by atoms with van der Waals surface area (Å²) in [5.74, 6) is -4.08. The number of benzene rings is 2. The fraction of sp³-hybridized carbons (Fsp3) is 0.318. The molecule has 0 saturated heterocycles. The van der Waals surface area contributed by atoms with E-state index in [1.54, 1.807) is 0 Å². The zero-order valence-corrected chi connectivity index (χ0v) is 18.9. The van der Waals surface area contributed by atoms with Gasteiger partial charge in [0.25, 0.3) is 12.3 Å². The number of halogens is 6. The standard InChI is InChI=1S/C22H15Cl3F3N3O2/c23-14-3-2-11(8-12(14)19(32)31-21(9-29)5-6-21)30-20(33)17-16(22(17,24)25)10-1-4-15(26)13(7-10)18(27)28/h1-4,7-8,16-18H,5-6H2,(H,30,33)(H,31,32)/t16-,17+/m0/s1. The lowest BCUT2D eigenvalue weighted by molar-refractivity contribution is -0.117. The Morgan fingerprint density at radius 1 is 1.15 bits per heavy atom. The van der Waals surface area contributed by atoms with Gasteiger partial charge in [0.05, 0.1) is 28.1 Å². The van der Waals surface area contributed by atoms with E-state index in [2.05, 4.69) is 10.6 Å². The van der Waals surface area contributed by atoms with Crippen LogP contribution in [0.2, 0.25) is 5.02 Å². The van der Waals surface area contributed by atoms with Crippen molar-refractivity contribution in [2.75, 3.05) is 5.32 Å². The van der Waals surface area contributed by atoms with Gasteiger partial charge in [-0.2, -0.15) is 5.26 Å². The van der Waals surface area contributed by atoms with Crippen LogP contribution in [-0.4, -0.2) is 21.7 Å². The first-order valence-corrected chi connectivity index (χ1v) is 10.9. The Morgan fingerprint density at radius 3 is 2.45 bits per heavy atom. The molecule has 172 valence electrons. The minimum Gasteiger partial charge on any atom is -0.334 e. The number of carbonyl (C=O) groups excluding carboxylic acids is 2. The van der Waals surface area contributed by atoms with Crippen molar-refractivity contribution in [1.29, 1.82) is 5.26 Å². The third-order valence-electron chi connectivity index (χ3n) is 5.75. The average molecular weight is 517 g/mol. The van der Waals surface area contributed by atoms with E-state index in [9.17, 15) is 22.8 Å². The lowest BCUT2D eigenvalue weighted by atomic mass is 10.0. The zero-order chi connectivity index (χ0) is 24.1. The van der Waals surface area contributed by atoms with E-state index in [1.165, 1.54) is 24.3 Å². The molecule has 0 radical (unpaired) electrons. The third-order valence-corrected chi connectivity index (χ3v) is 7.02. The van der Waals surface area contributed by atoms with Crippen LogP contribution in [0.15, 0.2) is 36.4 Å². The minimum atomic E-state index is -3.04. The number of anilines is 1. The lowest BCUT2D eigenvalue weighted by Gasteiger charge is -2.12. The van der Waals surface area contributed by atoms with Crippen molar-refractivity contribution in [2.45, 2.75) is 35.1 Å². The number of nitrogens with zero attached hydrogens (tertiary/aromatic N) is 1. The lowest BCUT2D eigenvalue weighted by Crippen LogP contribution is -2.35. The van der Waals surface area contributed by atoms with Gasteiger partial charge in [0.2, 0.25) is 5.91 Å². The van der Waals surface area contributed by atoms with Crippen LogP contribution in [0.5, 0.6) is 0 Å². The number of nitrogens with one attached hydrogen (secondary N) is 2. The monoisotopic (exact) mass is 515 g/mol. The van der Waals surface area contributed by atoms with Gasteiger partial charge < -0.3 is 10.6 Å². The summed E-state index contributed by atoms with van der Waals surface area (Å²) in [4.78, 5) is 25.4. The van der Waals surface area contributed by atoms with Crippen molar-refractivity contribution in [3.05, 3.63) is 63.9 Å². The van der Waals surface area contributed by atoms with Crippen molar-refractivity contribution >= 4 is 52.3 Å². The summed E-state index contributed by atoms with van der Waals surface area (Å²) in [5, 5.41) is 14.5. The van der Waals surface area contributed by atoms with E-state index < -0.39 is 51.3 Å². The molecular formula is C22H15Cl3F3N3O2. The molecule has 2 aliphatic rings. The molecule has 0 bridgehead atoms. The van der Waals surface area contributed by atoms with E-state index in [0.717, 1.165) is 12.1 Å². The Hall–Kier alpha value is -2.47. The molecule has 33 heavy (non-hydrogen) atoms. The highest BCUT2D eigenvalue weighted by Crippen LogP contribution is 2.65. The Morgan fingerprint density at radius 2 is 1.85 bits per heavy atom. The summed E-state index contributed by atoms with van der Waals surface area (Å²) >= 11 is 18.6. The summed E-state index contributed by atoms with van der Waals surface area (Å²) in [6.45, 7) is 0. The SMILES string of the molecule is N#CC1(NC(=O)c2cc(NC(=O)[C@H]3[C@H](c4ccc(F)c(C(F)F)c4)C3(Cl)Cl)ccc2Cl)CC1. The molecule has 4 rings (SSSR count). The maximum Gasteiger partial charge on any atom is 0.266 e. The topological polar surface area (TPSA) is 82.0 Å². The highest BCUT2D eigenvalue weighted by atomic mass is 35.5. The number of alkyl halides is 4. The van der Waals surface area contributed by atoms with Gasteiger partial charge >= 0.3 is 0 Å². The van der Waals surface area contributed by atoms with Crippen molar-refractivity contribution in [3.63, 3.8) is 0 Å². The van der Waals surface area contributed by atoms with E-state index in [0.29, 0.717) is 12.8 Å². The number of hydrogen-bond acceptors (Lipinski definition) is 3. The summed E-state index contributed by atoms with van der Waals surface area (Å²) in [7, 11) is 0. The average Bonchev–Trinajstić information content (AvgIpc) is 3.64. The molecule has 0 heterocycles. The summed E-state index contributed by atoms with van der Waals surface area (Å²) in [5.41, 5.74) is -1.21. The second-order valence-corrected chi connectivity index (χ2v) is 9.89. The van der Waals surface area contributed by atoms with Crippen LogP contribution in [0.4, 0.5) is 18.9 Å². The Bertz CT molecular complexity index is 1200. The van der Waals surface area contributed by atoms with Crippen molar-refractivity contribution in [2.24, 2.45) is 5.92 Å². The molecular weight excluding hydrogens is 502 g/mol. The fourth-order valence-corrected chi connectivity index (χ4v) is 4.69. The number of amides is 2.